The van der Waals surface area contributed by atoms with E-state index in [0.717, 1.165) is 5.56 Å². The van der Waals surface area contributed by atoms with Crippen molar-refractivity contribution in [1.82, 2.24) is 0 Å². The zero-order chi connectivity index (χ0) is 7.40. The Labute approximate surface area is 95.2 Å². The fourth-order valence-corrected chi connectivity index (χ4v) is 0.770. The monoisotopic (exact) mass is 176 g/mol. The van der Waals surface area contributed by atoms with Gasteiger partial charge in [-0.25, -0.2) is 0 Å². The summed E-state index contributed by atoms with van der Waals surface area (Å²) in [4.78, 5) is 10.2. The molecule has 0 saturated heterocycles. The van der Waals surface area contributed by atoms with E-state index in [1.807, 2.05) is 18.2 Å². The normalized spacial score (nSPS) is 8.36. The number of benzene rings is 1. The van der Waals surface area contributed by atoms with Gasteiger partial charge in [0.15, 0.2) is 0 Å². The van der Waals surface area contributed by atoms with Crippen molar-refractivity contribution >= 4 is 43.7 Å². The van der Waals surface area contributed by atoms with Crippen LogP contribution in [0.1, 0.15) is 5.56 Å². The molecule has 0 amide bonds. The minimum absolute atomic E-state index is 0. The average Bonchev–Trinajstić information content (AvgIpc) is 1.88. The van der Waals surface area contributed by atoms with Crippen molar-refractivity contribution in [1.29, 1.82) is 0 Å². The number of aliphatic carboxylic acids is 1. The Kier molecular flexibility index (Phi) is 5.56. The molecule has 3 heteroatoms. The third kappa shape index (κ3) is 4.40. The van der Waals surface area contributed by atoms with Crippen LogP contribution in [0.15, 0.2) is 30.3 Å². The van der Waals surface area contributed by atoms with E-state index in [4.69, 9.17) is 5.11 Å². The van der Waals surface area contributed by atoms with Gasteiger partial charge in [0.1, 0.15) is 0 Å². The van der Waals surface area contributed by atoms with E-state index in [1.54, 1.807) is 12.1 Å². The van der Waals surface area contributed by atoms with E-state index in [-0.39, 0.29) is 44.2 Å². The van der Waals surface area contributed by atoms with Gasteiger partial charge in [-0.15, -0.1) is 0 Å². The van der Waals surface area contributed by atoms with Crippen LogP contribution in [0.5, 0.6) is 0 Å². The van der Waals surface area contributed by atoms with E-state index in [1.165, 1.54) is 0 Å². The van der Waals surface area contributed by atoms with Crippen molar-refractivity contribution in [3.63, 3.8) is 0 Å². The van der Waals surface area contributed by atoms with E-state index in [9.17, 15) is 4.79 Å². The molecule has 0 aliphatic carbocycles. The van der Waals surface area contributed by atoms with Gasteiger partial charge in [0, 0.05) is 37.7 Å². The van der Waals surface area contributed by atoms with E-state index >= 15 is 0 Å². The molecule has 2 nitrogen and oxygen atoms in total. The van der Waals surface area contributed by atoms with Crippen LogP contribution in [0.3, 0.4) is 0 Å². The Morgan fingerprint density at radius 3 is 2.27 bits per heavy atom. The van der Waals surface area contributed by atoms with E-state index < -0.39 is 5.97 Å². The van der Waals surface area contributed by atoms with Crippen molar-refractivity contribution < 1.29 is 9.90 Å². The number of hydrogen-bond donors (Lipinski definition) is 1. The second-order valence-electron chi connectivity index (χ2n) is 2.06. The third-order valence-corrected chi connectivity index (χ3v) is 1.20. The fraction of sp³-hybridized carbons (Fsp3) is 0.125. The predicted octanol–water partition coefficient (Wildman–Crippen LogP) is 0.933. The molecule has 0 saturated carbocycles. The summed E-state index contributed by atoms with van der Waals surface area (Å²) in [5.41, 5.74) is 0.843. The molecule has 0 heterocycles. The van der Waals surface area contributed by atoms with Crippen molar-refractivity contribution in [2.75, 3.05) is 0 Å². The molecule has 1 N–H and O–H groups in total. The van der Waals surface area contributed by atoms with Crippen LogP contribution in [-0.2, 0) is 11.2 Å². The first-order valence-electron chi connectivity index (χ1n) is 3.05. The maximum absolute atomic E-state index is 10.2. The number of hydrogen-bond acceptors (Lipinski definition) is 1. The summed E-state index contributed by atoms with van der Waals surface area (Å²) in [7, 11) is 0. The van der Waals surface area contributed by atoms with Gasteiger partial charge in [0.25, 0.3) is 0 Å². The Bertz CT molecular complexity index is 221. The van der Waals surface area contributed by atoms with Gasteiger partial charge in [-0.2, -0.15) is 0 Å². The first kappa shape index (κ1) is 10.9. The van der Waals surface area contributed by atoms with Crippen LogP contribution in [-0.4, -0.2) is 48.8 Å². The van der Waals surface area contributed by atoms with Gasteiger partial charge in [-0.3, -0.25) is 4.79 Å². The van der Waals surface area contributed by atoms with Crippen molar-refractivity contribution in [2.45, 2.75) is 6.42 Å². The average molecular weight is 176 g/mol. The minimum Gasteiger partial charge on any atom is -0.481 e. The van der Waals surface area contributed by atoms with Gasteiger partial charge in [-0.1, -0.05) is 30.3 Å². The molecule has 54 valence electrons. The summed E-state index contributed by atoms with van der Waals surface area (Å²) >= 11 is 0. The summed E-state index contributed by atoms with van der Waals surface area (Å²) in [6.07, 6.45) is 0.112. The van der Waals surface area contributed by atoms with Gasteiger partial charge in [-0.05, 0) is 5.56 Å². The molecule has 1 aromatic rings. The Morgan fingerprint density at radius 2 is 1.82 bits per heavy atom. The molecule has 0 spiro atoms. The zero-order valence-corrected chi connectivity index (χ0v) is 8.36. The molecule has 0 aliphatic rings. The number of carbonyl (C=O) groups is 1. The van der Waals surface area contributed by atoms with Gasteiger partial charge in [0.2, 0.25) is 0 Å². The maximum Gasteiger partial charge on any atom is 0.307 e. The fourth-order valence-electron chi connectivity index (χ4n) is 0.770. The summed E-state index contributed by atoms with van der Waals surface area (Å²) in [6, 6.07) is 9.13. The molecule has 1 rings (SSSR count). The van der Waals surface area contributed by atoms with Crippen LogP contribution in [0.25, 0.3) is 0 Å². The van der Waals surface area contributed by atoms with Crippen LogP contribution in [0.2, 0.25) is 0 Å². The van der Waals surface area contributed by atoms with Crippen LogP contribution < -0.4 is 0 Å². The molecule has 2 radical (unpaired) electrons. The Morgan fingerprint density at radius 1 is 1.27 bits per heavy atom. The summed E-state index contributed by atoms with van der Waals surface area (Å²) in [5.74, 6) is -0.786. The Balaban J connectivity index is 0.000001000. The molecule has 1 aromatic carbocycles. The van der Waals surface area contributed by atoms with Crippen molar-refractivity contribution in [3.8, 4) is 0 Å². The standard InChI is InChI=1S/C8H8O2.Ca/c9-8(10)6-7-4-2-1-3-5-7;/h1-5H,6H2,(H,9,10);. The number of rotatable bonds is 2. The molecule has 0 bridgehead atoms. The maximum atomic E-state index is 10.2. The summed E-state index contributed by atoms with van der Waals surface area (Å²) < 4.78 is 0. The van der Waals surface area contributed by atoms with Gasteiger partial charge >= 0.3 is 5.97 Å². The van der Waals surface area contributed by atoms with Crippen molar-refractivity contribution in [3.05, 3.63) is 35.9 Å². The van der Waals surface area contributed by atoms with Crippen LogP contribution in [0, 0.1) is 0 Å². The Hall–Kier alpha value is -0.0503. The predicted molar refractivity (Wildman–Crippen MR) is 43.5 cm³/mol. The van der Waals surface area contributed by atoms with Crippen LogP contribution in [0.4, 0.5) is 0 Å². The van der Waals surface area contributed by atoms with Crippen LogP contribution >= 0.6 is 0 Å². The molecule has 11 heavy (non-hydrogen) atoms. The second-order valence-corrected chi connectivity index (χ2v) is 2.06. The molecule has 0 fully saturated rings. The molecule has 0 unspecified atom stereocenters. The van der Waals surface area contributed by atoms with E-state index in [2.05, 4.69) is 0 Å². The zero-order valence-electron chi connectivity index (χ0n) is 6.16. The largest absolute Gasteiger partial charge is 0.481 e. The van der Waals surface area contributed by atoms with Gasteiger partial charge in [0.05, 0.1) is 6.42 Å². The quantitative estimate of drug-likeness (QED) is 0.681. The summed E-state index contributed by atoms with van der Waals surface area (Å²) in [6.45, 7) is 0. The summed E-state index contributed by atoms with van der Waals surface area (Å²) in [5, 5.41) is 8.37. The molecular formula is C8H8CaO2. The topological polar surface area (TPSA) is 37.3 Å². The van der Waals surface area contributed by atoms with E-state index in [0.29, 0.717) is 0 Å². The third-order valence-electron chi connectivity index (χ3n) is 1.20. The molecule has 0 atom stereocenters. The first-order valence-corrected chi connectivity index (χ1v) is 3.05. The number of carboxylic acids is 1. The minimum atomic E-state index is -0.786. The molecule has 0 aliphatic heterocycles. The molecular weight excluding hydrogens is 168 g/mol. The smallest absolute Gasteiger partial charge is 0.307 e. The first-order chi connectivity index (χ1) is 4.79. The van der Waals surface area contributed by atoms with Gasteiger partial charge < -0.3 is 5.11 Å². The SMILES string of the molecule is O=C(O)Cc1ccccc1.[Ca]. The molecule has 0 aromatic heterocycles. The number of carboxylic acid groups (broad SMARTS) is 1. The van der Waals surface area contributed by atoms with Crippen molar-refractivity contribution in [2.24, 2.45) is 0 Å². The second kappa shape index (κ2) is 5.58.